The molecule has 1 saturated heterocycles. The van der Waals surface area contributed by atoms with Gasteiger partial charge in [-0.05, 0) is 6.07 Å². The SMILES string of the molecule is Cc1ccc(CN2CC2C#N)c(C)[n+]1[O-]. The van der Waals surface area contributed by atoms with Gasteiger partial charge in [0.05, 0.1) is 6.07 Å². The number of hydrogen-bond donors (Lipinski definition) is 0. The normalized spacial score (nSPS) is 23.5. The Morgan fingerprint density at radius 1 is 1.60 bits per heavy atom. The second-order valence-corrected chi connectivity index (χ2v) is 3.95. The highest BCUT2D eigenvalue weighted by molar-refractivity contribution is 5.19. The van der Waals surface area contributed by atoms with Crippen molar-refractivity contribution in [1.29, 1.82) is 5.26 Å². The van der Waals surface area contributed by atoms with Gasteiger partial charge in [-0.3, -0.25) is 4.90 Å². The van der Waals surface area contributed by atoms with E-state index in [-0.39, 0.29) is 6.04 Å². The highest BCUT2D eigenvalue weighted by Crippen LogP contribution is 2.20. The van der Waals surface area contributed by atoms with Crippen LogP contribution in [0.4, 0.5) is 0 Å². The second-order valence-electron chi connectivity index (χ2n) is 3.95. The highest BCUT2D eigenvalue weighted by Gasteiger charge is 2.34. The van der Waals surface area contributed by atoms with Gasteiger partial charge >= 0.3 is 0 Å². The van der Waals surface area contributed by atoms with E-state index in [1.165, 1.54) is 0 Å². The molecule has 1 aromatic rings. The molecule has 0 N–H and O–H groups in total. The Balaban J connectivity index is 2.17. The third-order valence-corrected chi connectivity index (χ3v) is 2.85. The summed E-state index contributed by atoms with van der Waals surface area (Å²) in [6.07, 6.45) is 0. The number of aryl methyl sites for hydroxylation is 1. The molecule has 1 aromatic heterocycles. The summed E-state index contributed by atoms with van der Waals surface area (Å²) in [4.78, 5) is 2.04. The van der Waals surface area contributed by atoms with E-state index in [1.54, 1.807) is 6.92 Å². The summed E-state index contributed by atoms with van der Waals surface area (Å²) in [6.45, 7) is 5.13. The van der Waals surface area contributed by atoms with E-state index in [4.69, 9.17) is 5.26 Å². The zero-order valence-electron chi connectivity index (χ0n) is 8.90. The topological polar surface area (TPSA) is 53.7 Å². The predicted octanol–water partition coefficient (Wildman–Crippen LogP) is 0.645. The van der Waals surface area contributed by atoms with Crippen LogP contribution in [0.15, 0.2) is 12.1 Å². The molecule has 2 heterocycles. The van der Waals surface area contributed by atoms with Crippen LogP contribution >= 0.6 is 0 Å². The van der Waals surface area contributed by atoms with Gasteiger partial charge in [0.2, 0.25) is 0 Å². The van der Waals surface area contributed by atoms with E-state index in [1.807, 2.05) is 24.0 Å². The largest absolute Gasteiger partial charge is 0.618 e. The predicted molar refractivity (Wildman–Crippen MR) is 54.7 cm³/mol. The molecule has 2 rings (SSSR count). The van der Waals surface area contributed by atoms with Crippen LogP contribution in [0.25, 0.3) is 0 Å². The molecule has 0 spiro atoms. The lowest BCUT2D eigenvalue weighted by Crippen LogP contribution is -2.35. The molecule has 0 radical (unpaired) electrons. The molecule has 2 unspecified atom stereocenters. The minimum absolute atomic E-state index is 0.0470. The van der Waals surface area contributed by atoms with Crippen molar-refractivity contribution in [2.45, 2.75) is 26.4 Å². The van der Waals surface area contributed by atoms with Crippen LogP contribution in [-0.2, 0) is 6.54 Å². The summed E-state index contributed by atoms with van der Waals surface area (Å²) in [7, 11) is 0. The van der Waals surface area contributed by atoms with Gasteiger partial charge in [0.1, 0.15) is 6.04 Å². The lowest BCUT2D eigenvalue weighted by atomic mass is 10.2. The van der Waals surface area contributed by atoms with Gasteiger partial charge in [-0.1, -0.05) is 0 Å². The monoisotopic (exact) mass is 203 g/mol. The molecule has 4 heteroatoms. The van der Waals surface area contributed by atoms with Crippen LogP contribution in [-0.4, -0.2) is 17.5 Å². The molecule has 0 bridgehead atoms. The third kappa shape index (κ3) is 1.79. The van der Waals surface area contributed by atoms with Crippen LogP contribution in [0.5, 0.6) is 0 Å². The smallest absolute Gasteiger partial charge is 0.194 e. The van der Waals surface area contributed by atoms with Crippen molar-refractivity contribution in [2.24, 2.45) is 0 Å². The summed E-state index contributed by atoms with van der Waals surface area (Å²) in [5.74, 6) is 0. The van der Waals surface area contributed by atoms with Gasteiger partial charge < -0.3 is 5.21 Å². The Bertz CT molecular complexity index is 436. The standard InChI is InChI=1S/C11H13N3O/c1-8-3-4-10(9(2)14(8)15)6-13-7-11(13)5-12/h3-4,11H,6-7H2,1-2H3. The Hall–Kier alpha value is -1.60. The van der Waals surface area contributed by atoms with Gasteiger partial charge in [0, 0.05) is 38.6 Å². The van der Waals surface area contributed by atoms with E-state index in [0.717, 1.165) is 22.5 Å². The number of aromatic nitrogens is 1. The van der Waals surface area contributed by atoms with Crippen LogP contribution < -0.4 is 4.73 Å². The number of nitriles is 1. The molecule has 2 atom stereocenters. The second kappa shape index (κ2) is 3.52. The molecular formula is C11H13N3O. The van der Waals surface area contributed by atoms with Crippen molar-refractivity contribution in [3.63, 3.8) is 0 Å². The Morgan fingerprint density at radius 3 is 2.93 bits per heavy atom. The number of rotatable bonds is 2. The Kier molecular flexibility index (Phi) is 2.33. The fourth-order valence-electron chi connectivity index (χ4n) is 1.66. The number of hydrogen-bond acceptors (Lipinski definition) is 3. The average molecular weight is 203 g/mol. The molecule has 1 aliphatic rings. The van der Waals surface area contributed by atoms with Crippen molar-refractivity contribution < 1.29 is 4.73 Å². The van der Waals surface area contributed by atoms with E-state index in [0.29, 0.717) is 12.2 Å². The zero-order chi connectivity index (χ0) is 11.0. The quantitative estimate of drug-likeness (QED) is 0.403. The maximum absolute atomic E-state index is 11.6. The fraction of sp³-hybridized carbons (Fsp3) is 0.455. The first-order valence-corrected chi connectivity index (χ1v) is 4.96. The third-order valence-electron chi connectivity index (χ3n) is 2.85. The van der Waals surface area contributed by atoms with Crippen LogP contribution in [0.3, 0.4) is 0 Å². The van der Waals surface area contributed by atoms with Crippen molar-refractivity contribution >= 4 is 0 Å². The van der Waals surface area contributed by atoms with Crippen LogP contribution in [0, 0.1) is 30.4 Å². The van der Waals surface area contributed by atoms with Crippen molar-refractivity contribution in [1.82, 2.24) is 4.90 Å². The number of pyridine rings is 1. The van der Waals surface area contributed by atoms with Gasteiger partial charge in [0.15, 0.2) is 11.4 Å². The van der Waals surface area contributed by atoms with Gasteiger partial charge in [-0.25, -0.2) is 0 Å². The molecule has 4 nitrogen and oxygen atoms in total. The highest BCUT2D eigenvalue weighted by atomic mass is 16.5. The molecule has 0 saturated carbocycles. The minimum Gasteiger partial charge on any atom is -0.618 e. The molecule has 1 fully saturated rings. The minimum atomic E-state index is 0.0470. The lowest BCUT2D eigenvalue weighted by Gasteiger charge is -2.09. The van der Waals surface area contributed by atoms with E-state index in [9.17, 15) is 5.21 Å². The van der Waals surface area contributed by atoms with Crippen molar-refractivity contribution in [2.75, 3.05) is 6.54 Å². The molecule has 0 amide bonds. The first kappa shape index (κ1) is 9.94. The zero-order valence-corrected chi connectivity index (χ0v) is 8.90. The molecular weight excluding hydrogens is 190 g/mol. The summed E-state index contributed by atoms with van der Waals surface area (Å²) in [6, 6.07) is 6.03. The lowest BCUT2D eigenvalue weighted by molar-refractivity contribution is -0.619. The first-order valence-electron chi connectivity index (χ1n) is 4.96. The van der Waals surface area contributed by atoms with E-state index in [2.05, 4.69) is 6.07 Å². The summed E-state index contributed by atoms with van der Waals surface area (Å²) in [5, 5.41) is 20.2. The van der Waals surface area contributed by atoms with Crippen LogP contribution in [0.1, 0.15) is 17.0 Å². The molecule has 0 aromatic carbocycles. The average Bonchev–Trinajstić information content (AvgIpc) is 2.98. The first-order chi connectivity index (χ1) is 7.13. The van der Waals surface area contributed by atoms with Crippen molar-refractivity contribution in [3.05, 3.63) is 34.3 Å². The summed E-state index contributed by atoms with van der Waals surface area (Å²) in [5.41, 5.74) is 2.45. The molecule has 0 aliphatic carbocycles. The molecule has 78 valence electrons. The van der Waals surface area contributed by atoms with Gasteiger partial charge in [-0.2, -0.15) is 9.99 Å². The van der Waals surface area contributed by atoms with Crippen molar-refractivity contribution in [3.8, 4) is 6.07 Å². The van der Waals surface area contributed by atoms with Gasteiger partial charge in [-0.15, -0.1) is 0 Å². The maximum Gasteiger partial charge on any atom is 0.194 e. The fourth-order valence-corrected chi connectivity index (χ4v) is 1.66. The molecule has 1 aliphatic heterocycles. The van der Waals surface area contributed by atoms with E-state index >= 15 is 0 Å². The molecule has 15 heavy (non-hydrogen) atoms. The number of nitrogens with zero attached hydrogens (tertiary/aromatic N) is 3. The summed E-state index contributed by atoms with van der Waals surface area (Å²) < 4.78 is 0.945. The van der Waals surface area contributed by atoms with Crippen LogP contribution in [0.2, 0.25) is 0 Å². The maximum atomic E-state index is 11.6. The van der Waals surface area contributed by atoms with E-state index < -0.39 is 0 Å². The Labute approximate surface area is 88.9 Å². The summed E-state index contributed by atoms with van der Waals surface area (Å²) >= 11 is 0. The Morgan fingerprint density at radius 2 is 2.33 bits per heavy atom. The van der Waals surface area contributed by atoms with Gasteiger partial charge in [0.25, 0.3) is 0 Å².